The number of aryl methyl sites for hydroxylation is 1. The van der Waals surface area contributed by atoms with Crippen LogP contribution in [0.4, 0.5) is 0 Å². The van der Waals surface area contributed by atoms with Gasteiger partial charge in [0.05, 0.1) is 0 Å². The van der Waals surface area contributed by atoms with Crippen molar-refractivity contribution < 1.29 is 4.79 Å². The SMILES string of the molecule is Cc1cc(=O)nc2n(CC3CCCN(C(=O)C(C)(C)C)C3)ccn12. The van der Waals surface area contributed by atoms with Crippen LogP contribution in [-0.4, -0.2) is 37.8 Å². The van der Waals surface area contributed by atoms with E-state index in [1.807, 2.05) is 54.0 Å². The van der Waals surface area contributed by atoms with Gasteiger partial charge < -0.3 is 9.47 Å². The Hall–Kier alpha value is -2.11. The number of carbonyl (C=O) groups excluding carboxylic acids is 1. The van der Waals surface area contributed by atoms with E-state index in [1.165, 1.54) is 0 Å². The van der Waals surface area contributed by atoms with E-state index in [0.29, 0.717) is 11.7 Å². The van der Waals surface area contributed by atoms with Gasteiger partial charge in [-0.15, -0.1) is 0 Å². The van der Waals surface area contributed by atoms with Crippen LogP contribution in [0.15, 0.2) is 23.3 Å². The Labute approximate surface area is 142 Å². The fourth-order valence-electron chi connectivity index (χ4n) is 3.48. The molecular weight excluding hydrogens is 304 g/mol. The molecule has 1 aliphatic rings. The van der Waals surface area contributed by atoms with E-state index < -0.39 is 0 Å². The van der Waals surface area contributed by atoms with Crippen LogP contribution in [-0.2, 0) is 11.3 Å². The average molecular weight is 330 g/mol. The lowest BCUT2D eigenvalue weighted by Gasteiger charge is -2.36. The largest absolute Gasteiger partial charge is 0.342 e. The summed E-state index contributed by atoms with van der Waals surface area (Å²) < 4.78 is 3.96. The van der Waals surface area contributed by atoms with Crippen LogP contribution in [0.1, 0.15) is 39.3 Å². The van der Waals surface area contributed by atoms with Crippen LogP contribution in [0.3, 0.4) is 0 Å². The predicted molar refractivity (Wildman–Crippen MR) is 92.9 cm³/mol. The average Bonchev–Trinajstić information content (AvgIpc) is 2.89. The maximum atomic E-state index is 12.5. The van der Waals surface area contributed by atoms with Gasteiger partial charge in [0.15, 0.2) is 0 Å². The third kappa shape index (κ3) is 3.23. The first kappa shape index (κ1) is 16.7. The van der Waals surface area contributed by atoms with Gasteiger partial charge in [-0.25, -0.2) is 0 Å². The molecule has 0 N–H and O–H groups in total. The molecule has 3 rings (SSSR count). The molecule has 1 saturated heterocycles. The molecule has 130 valence electrons. The second-order valence-electron chi connectivity index (χ2n) is 7.87. The Bertz CT molecular complexity index is 813. The van der Waals surface area contributed by atoms with Crippen molar-refractivity contribution in [1.82, 2.24) is 18.9 Å². The Balaban J connectivity index is 1.79. The first-order valence-electron chi connectivity index (χ1n) is 8.60. The van der Waals surface area contributed by atoms with Gasteiger partial charge in [-0.2, -0.15) is 4.98 Å². The Morgan fingerprint density at radius 1 is 1.33 bits per heavy atom. The summed E-state index contributed by atoms with van der Waals surface area (Å²) in [5, 5.41) is 0. The molecule has 1 atom stereocenters. The van der Waals surface area contributed by atoms with Gasteiger partial charge in [-0.3, -0.25) is 14.0 Å². The number of fused-ring (bicyclic) bond motifs is 1. The Kier molecular flexibility index (Phi) is 4.24. The van der Waals surface area contributed by atoms with Crippen molar-refractivity contribution in [3.63, 3.8) is 0 Å². The molecule has 6 nitrogen and oxygen atoms in total. The van der Waals surface area contributed by atoms with Crippen LogP contribution in [0.2, 0.25) is 0 Å². The summed E-state index contributed by atoms with van der Waals surface area (Å²) >= 11 is 0. The summed E-state index contributed by atoms with van der Waals surface area (Å²) in [4.78, 5) is 30.4. The summed E-state index contributed by atoms with van der Waals surface area (Å²) in [6.45, 7) is 10.2. The zero-order valence-electron chi connectivity index (χ0n) is 15.0. The number of likely N-dealkylation sites (tertiary alicyclic amines) is 1. The minimum absolute atomic E-state index is 0.208. The molecule has 1 unspecified atom stereocenters. The molecule has 2 aromatic heterocycles. The highest BCUT2D eigenvalue weighted by Gasteiger charge is 2.31. The minimum Gasteiger partial charge on any atom is -0.342 e. The van der Waals surface area contributed by atoms with Gasteiger partial charge in [0.1, 0.15) is 0 Å². The number of rotatable bonds is 2. The molecule has 0 saturated carbocycles. The van der Waals surface area contributed by atoms with Crippen molar-refractivity contribution in [3.8, 4) is 0 Å². The Morgan fingerprint density at radius 3 is 2.79 bits per heavy atom. The van der Waals surface area contributed by atoms with E-state index in [-0.39, 0.29) is 16.9 Å². The fraction of sp³-hybridized carbons (Fsp3) is 0.611. The molecule has 0 spiro atoms. The predicted octanol–water partition coefficient (Wildman–Crippen LogP) is 2.09. The second-order valence-corrected chi connectivity index (χ2v) is 7.87. The smallest absolute Gasteiger partial charge is 0.274 e. The third-order valence-corrected chi connectivity index (χ3v) is 4.69. The highest BCUT2D eigenvalue weighted by atomic mass is 16.2. The summed E-state index contributed by atoms with van der Waals surface area (Å²) in [6.07, 6.45) is 6.03. The van der Waals surface area contributed by atoms with E-state index >= 15 is 0 Å². The molecule has 24 heavy (non-hydrogen) atoms. The molecule has 0 aliphatic carbocycles. The van der Waals surface area contributed by atoms with E-state index in [4.69, 9.17) is 0 Å². The molecule has 1 fully saturated rings. The number of nitrogens with zero attached hydrogens (tertiary/aromatic N) is 4. The highest BCUT2D eigenvalue weighted by Crippen LogP contribution is 2.24. The monoisotopic (exact) mass is 330 g/mol. The van der Waals surface area contributed by atoms with Gasteiger partial charge >= 0.3 is 0 Å². The van der Waals surface area contributed by atoms with Crippen molar-refractivity contribution in [3.05, 3.63) is 34.5 Å². The standard InChI is InChI=1S/C18H26N4O2/c1-13-10-15(23)19-17-21(8-9-22(13)17)12-14-6-5-7-20(11-14)16(24)18(2,3)4/h8-10,14H,5-7,11-12H2,1-4H3. The van der Waals surface area contributed by atoms with Crippen LogP contribution < -0.4 is 5.56 Å². The van der Waals surface area contributed by atoms with Crippen LogP contribution in [0, 0.1) is 18.3 Å². The lowest BCUT2D eigenvalue weighted by molar-refractivity contribution is -0.141. The first-order chi connectivity index (χ1) is 11.3. The molecule has 2 aromatic rings. The number of aromatic nitrogens is 3. The van der Waals surface area contributed by atoms with Crippen molar-refractivity contribution >= 4 is 11.7 Å². The number of hydrogen-bond donors (Lipinski definition) is 0. The molecule has 1 amide bonds. The maximum absolute atomic E-state index is 12.5. The lowest BCUT2D eigenvalue weighted by atomic mass is 9.91. The zero-order chi connectivity index (χ0) is 17.5. The van der Waals surface area contributed by atoms with Gasteiger partial charge in [0.2, 0.25) is 11.7 Å². The number of imidazole rings is 1. The summed E-state index contributed by atoms with van der Waals surface area (Å²) in [5.74, 6) is 1.28. The van der Waals surface area contributed by atoms with Crippen molar-refractivity contribution in [2.75, 3.05) is 13.1 Å². The van der Waals surface area contributed by atoms with Crippen molar-refractivity contribution in [2.45, 2.75) is 47.1 Å². The summed E-state index contributed by atoms with van der Waals surface area (Å²) in [7, 11) is 0. The second kappa shape index (κ2) is 6.07. The molecule has 6 heteroatoms. The molecule has 0 bridgehead atoms. The third-order valence-electron chi connectivity index (χ3n) is 4.69. The molecule has 0 radical (unpaired) electrons. The lowest BCUT2D eigenvalue weighted by Crippen LogP contribution is -2.45. The topological polar surface area (TPSA) is 59.6 Å². The van der Waals surface area contributed by atoms with Gasteiger partial charge in [-0.05, 0) is 25.7 Å². The highest BCUT2D eigenvalue weighted by molar-refractivity contribution is 5.81. The van der Waals surface area contributed by atoms with E-state index in [1.54, 1.807) is 6.07 Å². The Morgan fingerprint density at radius 2 is 2.08 bits per heavy atom. The molecule has 1 aliphatic heterocycles. The van der Waals surface area contributed by atoms with Crippen molar-refractivity contribution in [1.29, 1.82) is 0 Å². The van der Waals surface area contributed by atoms with E-state index in [2.05, 4.69) is 4.98 Å². The summed E-state index contributed by atoms with van der Waals surface area (Å²) in [5.41, 5.74) is 0.339. The molecular formula is C18H26N4O2. The van der Waals surface area contributed by atoms with Gasteiger partial charge in [0.25, 0.3) is 5.56 Å². The minimum atomic E-state index is -0.339. The summed E-state index contributed by atoms with van der Waals surface area (Å²) in [6, 6.07) is 1.54. The quantitative estimate of drug-likeness (QED) is 0.847. The normalized spacial score (nSPS) is 19.0. The van der Waals surface area contributed by atoms with Crippen LogP contribution in [0.5, 0.6) is 0 Å². The van der Waals surface area contributed by atoms with E-state index in [9.17, 15) is 9.59 Å². The van der Waals surface area contributed by atoms with Crippen LogP contribution in [0.25, 0.3) is 5.78 Å². The molecule has 3 heterocycles. The van der Waals surface area contributed by atoms with Crippen LogP contribution >= 0.6 is 0 Å². The first-order valence-corrected chi connectivity index (χ1v) is 8.60. The molecule has 0 aromatic carbocycles. The van der Waals surface area contributed by atoms with Gasteiger partial charge in [0, 0.05) is 49.2 Å². The van der Waals surface area contributed by atoms with Gasteiger partial charge in [-0.1, -0.05) is 20.8 Å². The number of amides is 1. The maximum Gasteiger partial charge on any atom is 0.274 e. The zero-order valence-corrected chi connectivity index (χ0v) is 15.0. The number of hydrogen-bond acceptors (Lipinski definition) is 3. The fourth-order valence-corrected chi connectivity index (χ4v) is 3.48. The van der Waals surface area contributed by atoms with Crippen molar-refractivity contribution in [2.24, 2.45) is 11.3 Å². The number of carbonyl (C=O) groups is 1. The number of piperidine rings is 1. The van der Waals surface area contributed by atoms with E-state index in [0.717, 1.165) is 38.2 Å².